The van der Waals surface area contributed by atoms with E-state index < -0.39 is 17.7 Å². The second-order valence-electron chi connectivity index (χ2n) is 3.58. The van der Waals surface area contributed by atoms with Crippen LogP contribution in [-0.2, 0) is 0 Å². The average Bonchev–Trinajstić information content (AvgIpc) is 2.87. The highest BCUT2D eigenvalue weighted by Crippen LogP contribution is 2.30. The fraction of sp³-hybridized carbons (Fsp3) is 0.273. The summed E-state index contributed by atoms with van der Waals surface area (Å²) < 4.78 is 31.9. The van der Waals surface area contributed by atoms with Gasteiger partial charge < -0.3 is 5.32 Å². The van der Waals surface area contributed by atoms with Gasteiger partial charge in [-0.1, -0.05) is 11.4 Å². The van der Waals surface area contributed by atoms with Crippen molar-refractivity contribution in [2.45, 2.75) is 13.0 Å². The first-order valence-electron chi connectivity index (χ1n) is 5.28. The van der Waals surface area contributed by atoms with Gasteiger partial charge in [0.25, 0.3) is 0 Å². The van der Waals surface area contributed by atoms with Gasteiger partial charge in [0.15, 0.2) is 0 Å². The Bertz CT molecular complexity index is 533. The number of hydrogen-bond acceptors (Lipinski definition) is 4. The molecular weight excluding hydrogens is 324 g/mol. The fourth-order valence-corrected chi connectivity index (χ4v) is 2.49. The monoisotopic (exact) mass is 333 g/mol. The third-order valence-electron chi connectivity index (χ3n) is 2.45. The average molecular weight is 334 g/mol. The van der Waals surface area contributed by atoms with Crippen molar-refractivity contribution < 1.29 is 8.78 Å². The lowest BCUT2D eigenvalue weighted by molar-refractivity contribution is 0.502. The fourth-order valence-electron chi connectivity index (χ4n) is 1.66. The highest BCUT2D eigenvalue weighted by atomic mass is 79.9. The van der Waals surface area contributed by atoms with Crippen molar-refractivity contribution in [2.24, 2.45) is 0 Å². The van der Waals surface area contributed by atoms with Crippen LogP contribution in [0, 0.1) is 11.6 Å². The Balaban J connectivity index is 2.52. The molecule has 0 fully saturated rings. The highest BCUT2D eigenvalue weighted by Gasteiger charge is 2.24. The van der Waals surface area contributed by atoms with E-state index in [9.17, 15) is 8.78 Å². The van der Waals surface area contributed by atoms with E-state index in [-0.39, 0.29) is 10.0 Å². The molecule has 0 aliphatic rings. The van der Waals surface area contributed by atoms with Gasteiger partial charge in [-0.05, 0) is 46.1 Å². The van der Waals surface area contributed by atoms with Gasteiger partial charge in [-0.15, -0.1) is 5.10 Å². The largest absolute Gasteiger partial charge is 0.305 e. The van der Waals surface area contributed by atoms with Crippen LogP contribution in [-0.4, -0.2) is 16.1 Å². The summed E-state index contributed by atoms with van der Waals surface area (Å²) in [5.74, 6) is -1.22. The second kappa shape index (κ2) is 5.81. The Morgan fingerprint density at radius 1 is 1.44 bits per heavy atom. The Morgan fingerprint density at radius 2 is 2.22 bits per heavy atom. The summed E-state index contributed by atoms with van der Waals surface area (Å²) in [6.45, 7) is 2.42. The molecule has 1 N–H and O–H groups in total. The minimum Gasteiger partial charge on any atom is -0.305 e. The van der Waals surface area contributed by atoms with E-state index >= 15 is 0 Å². The van der Waals surface area contributed by atoms with Gasteiger partial charge in [-0.2, -0.15) is 0 Å². The van der Waals surface area contributed by atoms with Crippen LogP contribution in [0.15, 0.2) is 22.0 Å². The first kappa shape index (κ1) is 13.5. The summed E-state index contributed by atoms with van der Waals surface area (Å²) in [7, 11) is 0. The Kier molecular flexibility index (Phi) is 4.36. The van der Waals surface area contributed by atoms with E-state index in [0.29, 0.717) is 12.2 Å². The number of nitrogens with zero attached hydrogens (tertiary/aromatic N) is 2. The van der Waals surface area contributed by atoms with Gasteiger partial charge in [0.05, 0.1) is 16.2 Å². The molecule has 1 unspecified atom stereocenters. The van der Waals surface area contributed by atoms with Gasteiger partial charge in [0, 0.05) is 10.9 Å². The molecule has 1 atom stereocenters. The van der Waals surface area contributed by atoms with Crippen molar-refractivity contribution in [3.63, 3.8) is 0 Å². The maximum Gasteiger partial charge on any atom is 0.145 e. The maximum atomic E-state index is 14.1. The molecule has 0 radical (unpaired) electrons. The molecular formula is C11H10BrF2N3S. The van der Waals surface area contributed by atoms with E-state index in [2.05, 4.69) is 30.8 Å². The summed E-state index contributed by atoms with van der Waals surface area (Å²) in [5, 5.41) is 8.57. The van der Waals surface area contributed by atoms with Crippen LogP contribution < -0.4 is 5.32 Å². The molecule has 2 aromatic rings. The summed E-state index contributed by atoms with van der Waals surface area (Å²) in [6.07, 6.45) is 0. The molecule has 0 saturated carbocycles. The van der Waals surface area contributed by atoms with Gasteiger partial charge in [-0.25, -0.2) is 8.78 Å². The molecule has 0 bridgehead atoms. The van der Waals surface area contributed by atoms with Crippen molar-refractivity contribution in [3.8, 4) is 0 Å². The molecule has 0 spiro atoms. The van der Waals surface area contributed by atoms with Crippen molar-refractivity contribution >= 4 is 27.5 Å². The van der Waals surface area contributed by atoms with E-state index in [1.54, 1.807) is 5.38 Å². The predicted octanol–water partition coefficient (Wildman–Crippen LogP) is 3.28. The molecule has 0 saturated heterocycles. The van der Waals surface area contributed by atoms with Crippen molar-refractivity contribution in [2.75, 3.05) is 6.54 Å². The number of halogens is 3. The van der Waals surface area contributed by atoms with Gasteiger partial charge >= 0.3 is 0 Å². The zero-order valence-corrected chi connectivity index (χ0v) is 11.9. The van der Waals surface area contributed by atoms with Crippen LogP contribution in [0.3, 0.4) is 0 Å². The van der Waals surface area contributed by atoms with Crippen molar-refractivity contribution in [1.82, 2.24) is 14.9 Å². The van der Waals surface area contributed by atoms with Crippen LogP contribution in [0.1, 0.15) is 24.2 Å². The summed E-state index contributed by atoms with van der Waals surface area (Å²) in [6, 6.07) is 1.94. The Morgan fingerprint density at radius 3 is 2.83 bits per heavy atom. The Hall–Kier alpha value is -0.920. The minimum atomic E-state index is -0.633. The number of hydrogen-bond donors (Lipinski definition) is 1. The predicted molar refractivity (Wildman–Crippen MR) is 69.5 cm³/mol. The summed E-state index contributed by atoms with van der Waals surface area (Å²) in [4.78, 5) is 0. The first-order valence-corrected chi connectivity index (χ1v) is 6.91. The number of rotatable bonds is 4. The molecule has 2 rings (SSSR count). The van der Waals surface area contributed by atoms with E-state index in [1.807, 2.05) is 6.92 Å². The standard InChI is InChI=1S/C11H10BrF2N3S/c1-2-15-11(8-5-18-17-16-8)9-7(13)4-3-6(12)10(9)14/h3-5,11,15H,2H2,1H3. The summed E-state index contributed by atoms with van der Waals surface area (Å²) >= 11 is 4.21. The number of nitrogens with one attached hydrogen (secondary N) is 1. The van der Waals surface area contributed by atoms with Crippen molar-refractivity contribution in [1.29, 1.82) is 0 Å². The SMILES string of the molecule is CCNC(c1csnn1)c1c(F)ccc(Br)c1F. The first-order chi connectivity index (χ1) is 8.65. The molecule has 0 aliphatic heterocycles. The zero-order valence-electron chi connectivity index (χ0n) is 9.45. The topological polar surface area (TPSA) is 37.8 Å². The summed E-state index contributed by atoms with van der Waals surface area (Å²) in [5.41, 5.74) is 0.469. The number of aromatic nitrogens is 2. The lowest BCUT2D eigenvalue weighted by Gasteiger charge is -2.17. The minimum absolute atomic E-state index is 0.0427. The normalized spacial score (nSPS) is 12.7. The third-order valence-corrected chi connectivity index (χ3v) is 3.58. The molecule has 0 amide bonds. The van der Waals surface area contributed by atoms with Crippen LogP contribution in [0.2, 0.25) is 0 Å². The molecule has 1 aromatic heterocycles. The lowest BCUT2D eigenvalue weighted by atomic mass is 10.0. The number of benzene rings is 1. The van der Waals surface area contributed by atoms with Gasteiger partial charge in [0.2, 0.25) is 0 Å². The molecule has 3 nitrogen and oxygen atoms in total. The van der Waals surface area contributed by atoms with Crippen LogP contribution >= 0.6 is 27.5 Å². The maximum absolute atomic E-state index is 14.1. The van der Waals surface area contributed by atoms with Gasteiger partial charge in [0.1, 0.15) is 11.6 Å². The van der Waals surface area contributed by atoms with Gasteiger partial charge in [-0.3, -0.25) is 0 Å². The van der Waals surface area contributed by atoms with E-state index in [1.165, 1.54) is 12.1 Å². The molecule has 0 aliphatic carbocycles. The molecule has 7 heteroatoms. The Labute approximate surface area is 116 Å². The third kappa shape index (κ3) is 2.57. The zero-order chi connectivity index (χ0) is 13.1. The van der Waals surface area contributed by atoms with Crippen LogP contribution in [0.4, 0.5) is 8.78 Å². The van der Waals surface area contributed by atoms with E-state index in [0.717, 1.165) is 11.5 Å². The van der Waals surface area contributed by atoms with E-state index in [4.69, 9.17) is 0 Å². The van der Waals surface area contributed by atoms with Crippen molar-refractivity contribution in [3.05, 3.63) is 44.9 Å². The lowest BCUT2D eigenvalue weighted by Crippen LogP contribution is -2.24. The smallest absolute Gasteiger partial charge is 0.145 e. The quantitative estimate of drug-likeness (QED) is 0.872. The van der Waals surface area contributed by atoms with Crippen LogP contribution in [0.25, 0.3) is 0 Å². The second-order valence-corrected chi connectivity index (χ2v) is 5.04. The van der Waals surface area contributed by atoms with Crippen LogP contribution in [0.5, 0.6) is 0 Å². The molecule has 1 heterocycles. The highest BCUT2D eigenvalue weighted by molar-refractivity contribution is 9.10. The molecule has 1 aromatic carbocycles. The molecule has 18 heavy (non-hydrogen) atoms. The molecule has 96 valence electrons.